The zero-order chi connectivity index (χ0) is 14.8. The Morgan fingerprint density at radius 1 is 1.05 bits per heavy atom. The van der Waals surface area contributed by atoms with E-state index in [-0.39, 0.29) is 0 Å². The number of rotatable bonds is 4. The topological polar surface area (TPSA) is 70.4 Å². The van der Waals surface area contributed by atoms with Crippen molar-refractivity contribution >= 4 is 0 Å². The van der Waals surface area contributed by atoms with Crippen molar-refractivity contribution in [3.63, 3.8) is 0 Å². The number of fused-ring (bicyclic) bond motifs is 1. The fourth-order valence-electron chi connectivity index (χ4n) is 2.52. The molecule has 0 radical (unpaired) electrons. The summed E-state index contributed by atoms with van der Waals surface area (Å²) in [6.07, 6.45) is 0. The van der Waals surface area contributed by atoms with Crippen LogP contribution in [0, 0.1) is 0 Å². The van der Waals surface area contributed by atoms with Crippen LogP contribution in [0.1, 0.15) is 5.82 Å². The Bertz CT molecular complexity index is 629. The molecule has 1 aliphatic rings. The first-order valence-electron chi connectivity index (χ1n) is 6.71. The van der Waals surface area contributed by atoms with Crippen molar-refractivity contribution in [3.8, 4) is 28.6 Å². The summed E-state index contributed by atoms with van der Waals surface area (Å²) in [7, 11) is 4.79. The molecule has 0 fully saturated rings. The molecule has 0 saturated carbocycles. The summed E-state index contributed by atoms with van der Waals surface area (Å²) in [6.45, 7) is 2.48. The van der Waals surface area contributed by atoms with Crippen LogP contribution in [0.2, 0.25) is 0 Å². The van der Waals surface area contributed by atoms with Gasteiger partial charge in [0.2, 0.25) is 5.75 Å². The Hall–Kier alpha value is -2.28. The summed E-state index contributed by atoms with van der Waals surface area (Å²) in [6, 6.07) is 3.78. The van der Waals surface area contributed by atoms with Crippen LogP contribution in [-0.4, -0.2) is 42.6 Å². The van der Waals surface area contributed by atoms with Crippen LogP contribution in [0.25, 0.3) is 11.4 Å². The number of nitrogens with one attached hydrogen (secondary N) is 1. The van der Waals surface area contributed by atoms with Crippen molar-refractivity contribution in [1.82, 2.24) is 20.1 Å². The van der Waals surface area contributed by atoms with Gasteiger partial charge >= 0.3 is 0 Å². The molecule has 7 nitrogen and oxygen atoms in total. The third-order valence-electron chi connectivity index (χ3n) is 3.55. The molecule has 0 unspecified atom stereocenters. The second-order valence-electron chi connectivity index (χ2n) is 4.68. The van der Waals surface area contributed by atoms with E-state index >= 15 is 0 Å². The maximum absolute atomic E-state index is 5.39. The van der Waals surface area contributed by atoms with Crippen LogP contribution in [0.15, 0.2) is 12.1 Å². The molecule has 0 amide bonds. The maximum Gasteiger partial charge on any atom is 0.203 e. The number of methoxy groups -OCH3 is 3. The normalized spacial score (nSPS) is 13.7. The highest BCUT2D eigenvalue weighted by molar-refractivity contribution is 5.67. The standard InChI is InChI=1S/C14H18N4O3/c1-19-10-6-9(7-11(20-2)13(10)21-3)14-17-16-12-8-15-4-5-18(12)14/h6-7,15H,4-5,8H2,1-3H3. The molecule has 0 saturated heterocycles. The van der Waals surface area contributed by atoms with Crippen molar-refractivity contribution in [1.29, 1.82) is 0 Å². The van der Waals surface area contributed by atoms with E-state index in [1.165, 1.54) is 0 Å². The largest absolute Gasteiger partial charge is 0.493 e. The lowest BCUT2D eigenvalue weighted by molar-refractivity contribution is 0.324. The Balaban J connectivity index is 2.12. The second kappa shape index (κ2) is 5.61. The average molecular weight is 290 g/mol. The fraction of sp³-hybridized carbons (Fsp3) is 0.429. The molecular formula is C14H18N4O3. The minimum Gasteiger partial charge on any atom is -0.493 e. The van der Waals surface area contributed by atoms with Gasteiger partial charge in [-0.15, -0.1) is 10.2 Å². The van der Waals surface area contributed by atoms with E-state index in [0.717, 1.165) is 36.8 Å². The number of hydrogen-bond donors (Lipinski definition) is 1. The van der Waals surface area contributed by atoms with Crippen LogP contribution < -0.4 is 19.5 Å². The summed E-state index contributed by atoms with van der Waals surface area (Å²) in [5.74, 6) is 3.54. The first-order chi connectivity index (χ1) is 10.3. The molecule has 2 heterocycles. The Morgan fingerprint density at radius 2 is 1.76 bits per heavy atom. The summed E-state index contributed by atoms with van der Waals surface area (Å²) in [4.78, 5) is 0. The van der Waals surface area contributed by atoms with Gasteiger partial charge in [0.25, 0.3) is 0 Å². The lowest BCUT2D eigenvalue weighted by atomic mass is 10.1. The first-order valence-corrected chi connectivity index (χ1v) is 6.71. The number of ether oxygens (including phenoxy) is 3. The molecule has 7 heteroatoms. The minimum atomic E-state index is 0.573. The summed E-state index contributed by atoms with van der Waals surface area (Å²) in [5, 5.41) is 11.8. The van der Waals surface area contributed by atoms with E-state index in [1.54, 1.807) is 21.3 Å². The molecule has 0 bridgehead atoms. The summed E-state index contributed by atoms with van der Waals surface area (Å²) >= 11 is 0. The molecule has 1 N–H and O–H groups in total. The number of nitrogens with zero attached hydrogens (tertiary/aromatic N) is 3. The van der Waals surface area contributed by atoms with E-state index in [4.69, 9.17) is 14.2 Å². The molecule has 1 aromatic heterocycles. The van der Waals surface area contributed by atoms with E-state index < -0.39 is 0 Å². The van der Waals surface area contributed by atoms with Gasteiger partial charge in [-0.2, -0.15) is 0 Å². The Morgan fingerprint density at radius 3 is 2.38 bits per heavy atom. The predicted octanol–water partition coefficient (Wildman–Crippen LogP) is 1.07. The number of aromatic nitrogens is 3. The molecule has 0 atom stereocenters. The summed E-state index contributed by atoms with van der Waals surface area (Å²) in [5.41, 5.74) is 0.894. The zero-order valence-corrected chi connectivity index (χ0v) is 12.3. The molecule has 0 spiro atoms. The van der Waals surface area contributed by atoms with Crippen LogP contribution in [0.3, 0.4) is 0 Å². The molecule has 2 aromatic rings. The fourth-order valence-corrected chi connectivity index (χ4v) is 2.52. The highest BCUT2D eigenvalue weighted by Gasteiger charge is 2.20. The van der Waals surface area contributed by atoms with E-state index in [1.807, 2.05) is 12.1 Å². The van der Waals surface area contributed by atoms with E-state index in [2.05, 4.69) is 20.1 Å². The van der Waals surface area contributed by atoms with Crippen LogP contribution >= 0.6 is 0 Å². The van der Waals surface area contributed by atoms with Gasteiger partial charge in [-0.05, 0) is 12.1 Å². The molecule has 1 aliphatic heterocycles. The van der Waals surface area contributed by atoms with Gasteiger partial charge < -0.3 is 24.1 Å². The smallest absolute Gasteiger partial charge is 0.203 e. The van der Waals surface area contributed by atoms with Gasteiger partial charge in [-0.3, -0.25) is 0 Å². The monoisotopic (exact) mass is 290 g/mol. The first kappa shape index (κ1) is 13.7. The number of benzene rings is 1. The van der Waals surface area contributed by atoms with E-state index in [0.29, 0.717) is 17.2 Å². The SMILES string of the molecule is COc1cc(-c2nnc3n2CCNC3)cc(OC)c1OC. The molecule has 0 aliphatic carbocycles. The van der Waals surface area contributed by atoms with Gasteiger partial charge in [0.1, 0.15) is 5.82 Å². The Kier molecular flexibility index (Phi) is 3.66. The van der Waals surface area contributed by atoms with Gasteiger partial charge in [0, 0.05) is 18.7 Å². The van der Waals surface area contributed by atoms with E-state index in [9.17, 15) is 0 Å². The molecular weight excluding hydrogens is 272 g/mol. The highest BCUT2D eigenvalue weighted by atomic mass is 16.5. The molecule has 1 aromatic carbocycles. The highest BCUT2D eigenvalue weighted by Crippen LogP contribution is 2.40. The van der Waals surface area contributed by atoms with Gasteiger partial charge in [0.15, 0.2) is 17.3 Å². The molecule has 3 rings (SSSR count). The third kappa shape index (κ3) is 2.29. The minimum absolute atomic E-state index is 0.573. The summed E-state index contributed by atoms with van der Waals surface area (Å²) < 4.78 is 18.2. The third-order valence-corrected chi connectivity index (χ3v) is 3.55. The van der Waals surface area contributed by atoms with Gasteiger partial charge in [-0.25, -0.2) is 0 Å². The molecule has 112 valence electrons. The quantitative estimate of drug-likeness (QED) is 0.908. The maximum atomic E-state index is 5.39. The van der Waals surface area contributed by atoms with Crippen molar-refractivity contribution < 1.29 is 14.2 Å². The predicted molar refractivity (Wildman–Crippen MR) is 76.8 cm³/mol. The van der Waals surface area contributed by atoms with Gasteiger partial charge in [-0.1, -0.05) is 0 Å². The second-order valence-corrected chi connectivity index (χ2v) is 4.68. The van der Waals surface area contributed by atoms with Crippen LogP contribution in [0.5, 0.6) is 17.2 Å². The average Bonchev–Trinajstić information content (AvgIpc) is 2.97. The van der Waals surface area contributed by atoms with Crippen molar-refractivity contribution in [3.05, 3.63) is 18.0 Å². The van der Waals surface area contributed by atoms with Crippen molar-refractivity contribution in [2.75, 3.05) is 27.9 Å². The lowest BCUT2D eigenvalue weighted by Crippen LogP contribution is -2.28. The van der Waals surface area contributed by atoms with Crippen molar-refractivity contribution in [2.45, 2.75) is 13.1 Å². The lowest BCUT2D eigenvalue weighted by Gasteiger charge is -2.17. The molecule has 21 heavy (non-hydrogen) atoms. The zero-order valence-electron chi connectivity index (χ0n) is 12.3. The van der Waals surface area contributed by atoms with Crippen LogP contribution in [0.4, 0.5) is 0 Å². The van der Waals surface area contributed by atoms with Crippen molar-refractivity contribution in [2.24, 2.45) is 0 Å². The van der Waals surface area contributed by atoms with Gasteiger partial charge in [0.05, 0.1) is 27.9 Å². The Labute approximate surface area is 122 Å². The van der Waals surface area contributed by atoms with Crippen LogP contribution in [-0.2, 0) is 13.1 Å². The number of hydrogen-bond acceptors (Lipinski definition) is 6.